The molecule has 2 unspecified atom stereocenters. The Kier molecular flexibility index (Phi) is 15.4. The Morgan fingerprint density at radius 1 is 0.319 bits per heavy atom. The second-order valence-electron chi connectivity index (χ2n) is 30.6. The number of benzene rings is 14. The molecule has 0 saturated carbocycles. The number of nitrogens with zero attached hydrogens (tertiary/aromatic N) is 5. The van der Waals surface area contributed by atoms with Gasteiger partial charge in [-0.25, -0.2) is 19.9 Å². The minimum atomic E-state index is -0.0911. The maximum Gasteiger partial charge on any atom is 0.0800 e. The highest BCUT2D eigenvalue weighted by Crippen LogP contribution is 2.49. The summed E-state index contributed by atoms with van der Waals surface area (Å²) in [6, 6.07) is 110. The lowest BCUT2D eigenvalue weighted by molar-refractivity contribution is 0.883. The number of fused-ring (bicyclic) bond motifs is 22. The molecular weight excluding hydrogens is 1370 g/mol. The molecule has 5 heterocycles. The maximum absolute atomic E-state index is 5.74. The van der Waals surface area contributed by atoms with Gasteiger partial charge in [0, 0.05) is 100 Å². The molecule has 528 valence electrons. The van der Waals surface area contributed by atoms with Crippen LogP contribution in [0.3, 0.4) is 0 Å². The minimum absolute atomic E-state index is 0.0127. The Bertz CT molecular complexity index is 7450. The zero-order valence-corrected chi connectivity index (χ0v) is 62.0. The standard InChI is InChI=1S/C108H71N5/c1-64-34-35-68(46-52-79(64)69-38-43-74(44-39-69)104-92-32-18-14-28-87(92)101-86-27-13-10-24-82(86)83-25-11-16-30-90(83)107(101)112-104)80-55-56-85-94(62-77-50-58-97(70-20-6-4-7-21-70)110-105(77)96(85)60-65(80)2)76-48-54-89-95(61-76)84-26-12-17-31-91(84)108-102(89)88-29-15-19-33-93(88)103(113-108)73-41-36-67(37-42-73)78-51-59-99(109-63-78)81-53-47-72-40-45-75-49-57-98(71-22-8-5-9-23-71)111-106(75)100(72)66(81)3/h4-33,35-59,61-63,79-81H,1-3,34,60H2/t79?,80?,81-/m0/s1. The lowest BCUT2D eigenvalue weighted by atomic mass is 9.82. The van der Waals surface area contributed by atoms with E-state index in [0.717, 1.165) is 189 Å². The second-order valence-corrected chi connectivity index (χ2v) is 30.6. The molecule has 0 amide bonds. The summed E-state index contributed by atoms with van der Waals surface area (Å²) >= 11 is 0. The average molecular weight is 1440 g/mol. The monoisotopic (exact) mass is 1440 g/mol. The second kappa shape index (κ2) is 26.4. The first kappa shape index (κ1) is 65.7. The summed E-state index contributed by atoms with van der Waals surface area (Å²) in [6.45, 7) is 14.4. The predicted octanol–water partition coefficient (Wildman–Crippen LogP) is 28.0. The highest BCUT2D eigenvalue weighted by molar-refractivity contribution is 6.33. The van der Waals surface area contributed by atoms with E-state index in [1.807, 2.05) is 12.3 Å². The van der Waals surface area contributed by atoms with Gasteiger partial charge >= 0.3 is 0 Å². The van der Waals surface area contributed by atoms with Gasteiger partial charge < -0.3 is 0 Å². The van der Waals surface area contributed by atoms with Gasteiger partial charge in [0.15, 0.2) is 0 Å². The number of rotatable bonds is 9. The highest BCUT2D eigenvalue weighted by atomic mass is 14.7. The number of hydrogen-bond donors (Lipinski definition) is 0. The quantitative estimate of drug-likeness (QED) is 0.106. The van der Waals surface area contributed by atoms with Crippen LogP contribution < -0.4 is 0 Å². The Balaban J connectivity index is 0.587. The summed E-state index contributed by atoms with van der Waals surface area (Å²) in [5.74, 6) is -0.134. The van der Waals surface area contributed by atoms with Gasteiger partial charge in [-0.2, -0.15) is 0 Å². The van der Waals surface area contributed by atoms with Crippen molar-refractivity contribution in [1.82, 2.24) is 24.9 Å². The number of hydrogen-bond acceptors (Lipinski definition) is 5. The van der Waals surface area contributed by atoms with Crippen LogP contribution in [0.15, 0.2) is 376 Å². The predicted molar refractivity (Wildman–Crippen MR) is 476 cm³/mol. The largest absolute Gasteiger partial charge is 0.260 e. The third-order valence-electron chi connectivity index (χ3n) is 24.2. The molecule has 19 aromatic rings. The van der Waals surface area contributed by atoms with Crippen LogP contribution in [0.4, 0.5) is 0 Å². The van der Waals surface area contributed by atoms with Gasteiger partial charge in [-0.1, -0.05) is 346 Å². The molecular formula is C108H71N5. The topological polar surface area (TPSA) is 64.5 Å². The van der Waals surface area contributed by atoms with Crippen molar-refractivity contribution in [3.63, 3.8) is 0 Å². The molecule has 5 heteroatoms. The van der Waals surface area contributed by atoms with E-state index in [4.69, 9.17) is 44.7 Å². The van der Waals surface area contributed by atoms with Crippen LogP contribution in [-0.4, -0.2) is 24.9 Å². The molecule has 5 nitrogen and oxygen atoms in total. The van der Waals surface area contributed by atoms with Crippen molar-refractivity contribution in [2.45, 2.75) is 24.7 Å². The summed E-state index contributed by atoms with van der Waals surface area (Å²) in [6.07, 6.45) is 19.6. The molecule has 0 bridgehead atoms. The molecule has 0 N–H and O–H groups in total. The van der Waals surface area contributed by atoms with Gasteiger partial charge in [0.2, 0.25) is 0 Å². The van der Waals surface area contributed by atoms with E-state index >= 15 is 0 Å². The van der Waals surface area contributed by atoms with Crippen LogP contribution in [0.2, 0.25) is 0 Å². The van der Waals surface area contributed by atoms with Crippen molar-refractivity contribution in [3.8, 4) is 67.3 Å². The molecule has 5 aromatic heterocycles. The third kappa shape index (κ3) is 10.9. The molecule has 3 atom stereocenters. The van der Waals surface area contributed by atoms with E-state index in [1.54, 1.807) is 0 Å². The van der Waals surface area contributed by atoms with Crippen molar-refractivity contribution < 1.29 is 0 Å². The van der Waals surface area contributed by atoms with Crippen LogP contribution in [0.1, 0.15) is 51.8 Å². The van der Waals surface area contributed by atoms with Crippen molar-refractivity contribution in [3.05, 3.63) is 410 Å². The van der Waals surface area contributed by atoms with Gasteiger partial charge in [0.1, 0.15) is 0 Å². The van der Waals surface area contributed by atoms with E-state index in [2.05, 4.69) is 340 Å². The summed E-state index contributed by atoms with van der Waals surface area (Å²) in [5.41, 5.74) is 27.7. The Morgan fingerprint density at radius 2 is 0.814 bits per heavy atom. The minimum Gasteiger partial charge on any atom is -0.260 e. The molecule has 0 radical (unpaired) electrons. The Morgan fingerprint density at radius 3 is 1.44 bits per heavy atom. The van der Waals surface area contributed by atoms with Crippen LogP contribution in [0.5, 0.6) is 0 Å². The lowest BCUT2D eigenvalue weighted by Gasteiger charge is -2.23. The molecule has 3 aliphatic carbocycles. The number of aromatic nitrogens is 5. The van der Waals surface area contributed by atoms with E-state index in [9.17, 15) is 0 Å². The number of allylic oxidation sites excluding steroid dienone is 9. The van der Waals surface area contributed by atoms with Crippen molar-refractivity contribution in [2.75, 3.05) is 0 Å². The van der Waals surface area contributed by atoms with E-state index in [1.165, 1.54) is 49.0 Å². The maximum atomic E-state index is 5.74. The smallest absolute Gasteiger partial charge is 0.0800 e. The molecule has 0 fully saturated rings. The third-order valence-corrected chi connectivity index (χ3v) is 24.2. The molecule has 0 spiro atoms. The summed E-state index contributed by atoms with van der Waals surface area (Å²) < 4.78 is 0. The number of pyridine rings is 5. The zero-order valence-electron chi connectivity index (χ0n) is 62.0. The van der Waals surface area contributed by atoms with E-state index in [-0.39, 0.29) is 17.8 Å². The Hall–Kier alpha value is -14.4. The first-order valence-electron chi connectivity index (χ1n) is 39.0. The molecule has 3 aliphatic rings. The highest BCUT2D eigenvalue weighted by Gasteiger charge is 2.29. The molecule has 14 aromatic carbocycles. The molecule has 0 aliphatic heterocycles. The average Bonchev–Trinajstić information content (AvgIpc) is 1.02. The summed E-state index contributed by atoms with van der Waals surface area (Å²) in [5, 5.41) is 18.6. The molecule has 22 rings (SSSR count). The van der Waals surface area contributed by atoms with Crippen LogP contribution >= 0.6 is 0 Å². The van der Waals surface area contributed by atoms with E-state index < -0.39 is 0 Å². The normalized spacial score (nSPS) is 15.6. The Labute approximate surface area is 654 Å². The van der Waals surface area contributed by atoms with Gasteiger partial charge in [0.05, 0.1) is 50.5 Å². The van der Waals surface area contributed by atoms with Crippen LogP contribution in [0.25, 0.3) is 193 Å². The van der Waals surface area contributed by atoms with Gasteiger partial charge in [-0.05, 0) is 136 Å². The van der Waals surface area contributed by atoms with Crippen molar-refractivity contribution in [1.29, 1.82) is 0 Å². The lowest BCUT2D eigenvalue weighted by Crippen LogP contribution is -2.07. The fourth-order valence-corrected chi connectivity index (χ4v) is 18.6. The molecule has 0 saturated heterocycles. The zero-order chi connectivity index (χ0) is 74.9. The fourth-order valence-electron chi connectivity index (χ4n) is 18.6. The van der Waals surface area contributed by atoms with Crippen molar-refractivity contribution in [2.24, 2.45) is 5.92 Å². The van der Waals surface area contributed by atoms with Gasteiger partial charge in [-0.15, -0.1) is 0 Å². The summed E-state index contributed by atoms with van der Waals surface area (Å²) in [7, 11) is 0. The molecule has 113 heavy (non-hydrogen) atoms. The SMILES string of the molecule is C=C1Cc2c(c(-c3ccc4c(c3)c3ccccc3c3nc(-c5ccc(-c6ccc([C@H]7C=Cc8ccc9ccc(-c%10ccccc%10)nc9c8C7=C)nc6)cc5)c5ccccc5c43)cc3ccc(-c4ccccc4)nc23)C=CC1C1=CCC(=C)C(c2ccc(-c3nc4c5ccccc5c5ccccc5c4c4ccccc34)cc2)C=C1. The van der Waals surface area contributed by atoms with Crippen molar-refractivity contribution >= 4 is 126 Å². The summed E-state index contributed by atoms with van der Waals surface area (Å²) in [4.78, 5) is 27.2. The van der Waals surface area contributed by atoms with E-state index in [0.29, 0.717) is 6.42 Å². The van der Waals surface area contributed by atoms with Crippen LogP contribution in [-0.2, 0) is 6.42 Å². The fraction of sp³-hybridized carbons (Fsp3) is 0.0463. The first-order valence-corrected chi connectivity index (χ1v) is 39.0. The van der Waals surface area contributed by atoms with Gasteiger partial charge in [-0.3, -0.25) is 4.98 Å². The van der Waals surface area contributed by atoms with Gasteiger partial charge in [0.25, 0.3) is 0 Å². The van der Waals surface area contributed by atoms with Crippen LogP contribution in [0, 0.1) is 5.92 Å². The first-order chi connectivity index (χ1) is 55.8.